The molecule has 1 aromatic rings. The van der Waals surface area contributed by atoms with E-state index in [4.69, 9.17) is 0 Å². The second-order valence-electron chi connectivity index (χ2n) is 6.76. The smallest absolute Gasteiger partial charge is 0.0294 e. The summed E-state index contributed by atoms with van der Waals surface area (Å²) in [5.41, 5.74) is 2.78. The molecule has 0 aromatic heterocycles. The zero-order chi connectivity index (χ0) is 13.2. The van der Waals surface area contributed by atoms with Gasteiger partial charge in [-0.1, -0.05) is 42.7 Å². The minimum Gasteiger partial charge on any atom is -0.307 e. The van der Waals surface area contributed by atoms with E-state index in [1.165, 1.54) is 49.7 Å². The summed E-state index contributed by atoms with van der Waals surface area (Å²) < 4.78 is 0. The first-order valence-corrected chi connectivity index (χ1v) is 8.05. The average molecular weight is 257 g/mol. The van der Waals surface area contributed by atoms with Gasteiger partial charge in [0.2, 0.25) is 0 Å². The Hall–Kier alpha value is -0.820. The monoisotopic (exact) mass is 257 g/mol. The average Bonchev–Trinajstić information content (AvgIpc) is 3.24. The summed E-state index contributed by atoms with van der Waals surface area (Å²) in [5, 5.41) is 3.87. The van der Waals surface area contributed by atoms with Gasteiger partial charge in [-0.2, -0.15) is 0 Å². The van der Waals surface area contributed by atoms with Crippen LogP contribution in [0.3, 0.4) is 0 Å². The molecule has 0 bridgehead atoms. The zero-order valence-corrected chi connectivity index (χ0v) is 12.4. The second-order valence-corrected chi connectivity index (χ2v) is 6.76. The van der Waals surface area contributed by atoms with Crippen LogP contribution in [0.5, 0.6) is 0 Å². The summed E-state index contributed by atoms with van der Waals surface area (Å²) >= 11 is 0. The van der Waals surface area contributed by atoms with Crippen molar-refractivity contribution in [2.24, 2.45) is 11.8 Å². The first-order chi connectivity index (χ1) is 9.22. The van der Waals surface area contributed by atoms with Crippen molar-refractivity contribution in [3.8, 4) is 0 Å². The largest absolute Gasteiger partial charge is 0.307 e. The molecule has 0 radical (unpaired) electrons. The highest BCUT2D eigenvalue weighted by Gasteiger charge is 2.34. The number of nitrogens with one attached hydrogen (secondary N) is 1. The maximum absolute atomic E-state index is 3.87. The predicted molar refractivity (Wildman–Crippen MR) is 81.2 cm³/mol. The lowest BCUT2D eigenvalue weighted by Crippen LogP contribution is -2.36. The Morgan fingerprint density at radius 1 is 1.00 bits per heavy atom. The minimum absolute atomic E-state index is 0.489. The molecule has 1 aromatic carbocycles. The quantitative estimate of drug-likeness (QED) is 0.830. The number of hydrogen-bond donors (Lipinski definition) is 1. The van der Waals surface area contributed by atoms with E-state index < -0.39 is 0 Å². The van der Waals surface area contributed by atoms with Gasteiger partial charge in [0.05, 0.1) is 0 Å². The molecule has 3 rings (SSSR count). The van der Waals surface area contributed by atoms with Crippen molar-refractivity contribution in [3.05, 3.63) is 35.4 Å². The standard InChI is InChI=1S/C18H27N/c1-13-6-8-15(9-7-13)14(2)19-18-5-3-4-17(12-18)16-10-11-16/h6-9,14,16-19H,3-5,10-12H2,1-2H3/t14-,17?,18?/m1/s1. The molecule has 2 unspecified atom stereocenters. The molecule has 104 valence electrons. The molecule has 2 aliphatic rings. The molecule has 3 atom stereocenters. The van der Waals surface area contributed by atoms with E-state index in [0.717, 1.165) is 17.9 Å². The molecule has 0 amide bonds. The van der Waals surface area contributed by atoms with Gasteiger partial charge in [-0.15, -0.1) is 0 Å². The highest BCUT2D eigenvalue weighted by Crippen LogP contribution is 2.44. The van der Waals surface area contributed by atoms with E-state index in [1.807, 2.05) is 0 Å². The molecule has 0 spiro atoms. The summed E-state index contributed by atoms with van der Waals surface area (Å²) in [6, 6.07) is 10.2. The van der Waals surface area contributed by atoms with E-state index in [-0.39, 0.29) is 0 Å². The van der Waals surface area contributed by atoms with E-state index >= 15 is 0 Å². The topological polar surface area (TPSA) is 12.0 Å². The molecule has 1 N–H and O–H groups in total. The van der Waals surface area contributed by atoms with Gasteiger partial charge < -0.3 is 5.32 Å². The SMILES string of the molecule is Cc1ccc([C@@H](C)NC2CCCC(C3CC3)C2)cc1. The predicted octanol–water partition coefficient (Wildman–Crippen LogP) is 4.61. The Kier molecular flexibility index (Phi) is 3.93. The minimum atomic E-state index is 0.489. The van der Waals surface area contributed by atoms with Gasteiger partial charge in [-0.05, 0) is 56.9 Å². The molecule has 2 fully saturated rings. The Bertz CT molecular complexity index is 404. The molecular formula is C18H27N. The lowest BCUT2D eigenvalue weighted by atomic mass is 9.82. The fourth-order valence-corrected chi connectivity index (χ4v) is 3.68. The summed E-state index contributed by atoms with van der Waals surface area (Å²) in [5.74, 6) is 2.11. The van der Waals surface area contributed by atoms with Crippen LogP contribution in [0.2, 0.25) is 0 Å². The third kappa shape index (κ3) is 3.39. The first kappa shape index (κ1) is 13.2. The van der Waals surface area contributed by atoms with E-state index in [1.54, 1.807) is 0 Å². The van der Waals surface area contributed by atoms with Crippen molar-refractivity contribution in [2.45, 2.75) is 64.5 Å². The van der Waals surface area contributed by atoms with Gasteiger partial charge in [0.15, 0.2) is 0 Å². The summed E-state index contributed by atoms with van der Waals surface area (Å²) in [6.07, 6.45) is 8.72. The highest BCUT2D eigenvalue weighted by atomic mass is 14.9. The maximum atomic E-state index is 3.87. The van der Waals surface area contributed by atoms with Crippen molar-refractivity contribution in [3.63, 3.8) is 0 Å². The normalized spacial score (nSPS) is 29.2. The molecular weight excluding hydrogens is 230 g/mol. The molecule has 19 heavy (non-hydrogen) atoms. The zero-order valence-electron chi connectivity index (χ0n) is 12.4. The molecule has 2 saturated carbocycles. The second kappa shape index (κ2) is 5.66. The van der Waals surface area contributed by atoms with Crippen LogP contribution >= 0.6 is 0 Å². The fraction of sp³-hybridized carbons (Fsp3) is 0.667. The van der Waals surface area contributed by atoms with Crippen molar-refractivity contribution in [2.75, 3.05) is 0 Å². The van der Waals surface area contributed by atoms with Gasteiger partial charge in [-0.25, -0.2) is 0 Å². The first-order valence-electron chi connectivity index (χ1n) is 8.05. The number of rotatable bonds is 4. The van der Waals surface area contributed by atoms with Gasteiger partial charge in [0.25, 0.3) is 0 Å². The molecule has 0 aliphatic heterocycles. The third-order valence-electron chi connectivity index (χ3n) is 5.07. The highest BCUT2D eigenvalue weighted by molar-refractivity contribution is 5.23. The Balaban J connectivity index is 1.56. The van der Waals surface area contributed by atoms with E-state index in [9.17, 15) is 0 Å². The van der Waals surface area contributed by atoms with Crippen molar-refractivity contribution in [1.82, 2.24) is 5.32 Å². The molecule has 2 aliphatic carbocycles. The van der Waals surface area contributed by atoms with Crippen LogP contribution in [0.25, 0.3) is 0 Å². The third-order valence-corrected chi connectivity index (χ3v) is 5.07. The van der Waals surface area contributed by atoms with Crippen LogP contribution in [0.1, 0.15) is 62.6 Å². The van der Waals surface area contributed by atoms with Gasteiger partial charge in [0, 0.05) is 12.1 Å². The number of aryl methyl sites for hydroxylation is 1. The van der Waals surface area contributed by atoms with Gasteiger partial charge in [-0.3, -0.25) is 0 Å². The van der Waals surface area contributed by atoms with E-state index in [0.29, 0.717) is 6.04 Å². The van der Waals surface area contributed by atoms with Gasteiger partial charge >= 0.3 is 0 Å². The Morgan fingerprint density at radius 2 is 1.74 bits per heavy atom. The van der Waals surface area contributed by atoms with Crippen LogP contribution in [-0.2, 0) is 0 Å². The van der Waals surface area contributed by atoms with Crippen LogP contribution < -0.4 is 5.32 Å². The van der Waals surface area contributed by atoms with Crippen LogP contribution in [0.15, 0.2) is 24.3 Å². The lowest BCUT2D eigenvalue weighted by Gasteiger charge is -2.32. The summed E-state index contributed by atoms with van der Waals surface area (Å²) in [6.45, 7) is 4.47. The summed E-state index contributed by atoms with van der Waals surface area (Å²) in [7, 11) is 0. The Morgan fingerprint density at radius 3 is 2.42 bits per heavy atom. The molecule has 1 nitrogen and oxygen atoms in total. The van der Waals surface area contributed by atoms with Crippen LogP contribution in [-0.4, -0.2) is 6.04 Å². The Labute approximate surface area is 117 Å². The lowest BCUT2D eigenvalue weighted by molar-refractivity contribution is 0.249. The molecule has 0 heterocycles. The molecule has 0 saturated heterocycles. The van der Waals surface area contributed by atoms with Crippen molar-refractivity contribution in [1.29, 1.82) is 0 Å². The van der Waals surface area contributed by atoms with Crippen LogP contribution in [0.4, 0.5) is 0 Å². The number of benzene rings is 1. The van der Waals surface area contributed by atoms with Crippen molar-refractivity contribution >= 4 is 0 Å². The maximum Gasteiger partial charge on any atom is 0.0294 e. The summed E-state index contributed by atoms with van der Waals surface area (Å²) in [4.78, 5) is 0. The van der Waals surface area contributed by atoms with Crippen molar-refractivity contribution < 1.29 is 0 Å². The molecule has 1 heteroatoms. The van der Waals surface area contributed by atoms with E-state index in [2.05, 4.69) is 43.4 Å². The fourth-order valence-electron chi connectivity index (χ4n) is 3.68. The van der Waals surface area contributed by atoms with Crippen LogP contribution in [0, 0.1) is 18.8 Å². The van der Waals surface area contributed by atoms with Gasteiger partial charge in [0.1, 0.15) is 0 Å². The number of hydrogen-bond acceptors (Lipinski definition) is 1.